The Morgan fingerprint density at radius 2 is 2.18 bits per heavy atom. The van der Waals surface area contributed by atoms with Crippen molar-refractivity contribution < 1.29 is 0 Å². The topological polar surface area (TPSA) is 67.7 Å². The van der Waals surface area contributed by atoms with Gasteiger partial charge in [0.15, 0.2) is 5.65 Å². The number of aromatic nitrogens is 4. The van der Waals surface area contributed by atoms with E-state index in [2.05, 4.69) is 59.8 Å². The second kappa shape index (κ2) is 5.33. The zero-order valence-corrected chi connectivity index (χ0v) is 13.7. The number of halogens is 1. The normalized spacial score (nSPS) is 14.1. The van der Waals surface area contributed by atoms with Gasteiger partial charge < -0.3 is 10.6 Å². The highest BCUT2D eigenvalue weighted by molar-refractivity contribution is 9.10. The molecule has 0 unspecified atom stereocenters. The fourth-order valence-corrected chi connectivity index (χ4v) is 3.43. The molecule has 2 N–H and O–H groups in total. The van der Waals surface area contributed by atoms with E-state index >= 15 is 0 Å². The van der Waals surface area contributed by atoms with E-state index in [0.29, 0.717) is 0 Å². The first-order chi connectivity index (χ1) is 10.7. The van der Waals surface area contributed by atoms with Crippen molar-refractivity contribution in [1.82, 2.24) is 25.1 Å². The second-order valence-corrected chi connectivity index (χ2v) is 6.12. The molecule has 3 heterocycles. The Bertz CT molecular complexity index is 857. The zero-order valence-electron chi connectivity index (χ0n) is 12.1. The van der Waals surface area contributed by atoms with Gasteiger partial charge in [-0.15, -0.1) is 0 Å². The van der Waals surface area contributed by atoms with Crippen LogP contribution in [0.2, 0.25) is 0 Å². The van der Waals surface area contributed by atoms with Gasteiger partial charge in [-0.1, -0.05) is 6.07 Å². The number of hydrogen-bond donors (Lipinski definition) is 2. The van der Waals surface area contributed by atoms with Crippen molar-refractivity contribution in [2.45, 2.75) is 13.0 Å². The standard InChI is InChI=1S/C15H15BrN6/c1-22-15-12(13(16)21-22)14(18-8-19-15)20-11-3-2-9-4-5-17-7-10(9)6-11/h2-3,6,8,17H,4-5,7H2,1H3,(H,18,19,20). The minimum absolute atomic E-state index is 0.743. The smallest absolute Gasteiger partial charge is 0.164 e. The Balaban J connectivity index is 1.75. The molecule has 0 saturated heterocycles. The minimum Gasteiger partial charge on any atom is -0.339 e. The minimum atomic E-state index is 0.743. The van der Waals surface area contributed by atoms with Crippen molar-refractivity contribution >= 4 is 38.5 Å². The molecule has 4 rings (SSSR count). The lowest BCUT2D eigenvalue weighted by Gasteiger charge is -2.18. The first-order valence-electron chi connectivity index (χ1n) is 7.15. The molecule has 0 bridgehead atoms. The zero-order chi connectivity index (χ0) is 15.1. The molecule has 2 aromatic heterocycles. The average molecular weight is 359 g/mol. The SMILES string of the molecule is Cn1nc(Br)c2c(Nc3ccc4c(c3)CNCC4)ncnc21. The van der Waals surface area contributed by atoms with Crippen LogP contribution >= 0.6 is 15.9 Å². The summed E-state index contributed by atoms with van der Waals surface area (Å²) in [6.45, 7) is 1.97. The van der Waals surface area contributed by atoms with E-state index in [4.69, 9.17) is 0 Å². The predicted molar refractivity (Wildman–Crippen MR) is 89.1 cm³/mol. The maximum atomic E-state index is 4.37. The number of hydrogen-bond acceptors (Lipinski definition) is 5. The van der Waals surface area contributed by atoms with E-state index in [1.54, 1.807) is 11.0 Å². The highest BCUT2D eigenvalue weighted by Gasteiger charge is 2.14. The first-order valence-corrected chi connectivity index (χ1v) is 7.94. The summed E-state index contributed by atoms with van der Waals surface area (Å²) in [6.07, 6.45) is 2.64. The Morgan fingerprint density at radius 3 is 3.09 bits per heavy atom. The maximum Gasteiger partial charge on any atom is 0.164 e. The van der Waals surface area contributed by atoms with E-state index in [0.717, 1.165) is 46.7 Å². The first kappa shape index (κ1) is 13.7. The maximum absolute atomic E-state index is 4.37. The molecular formula is C15H15BrN6. The summed E-state index contributed by atoms with van der Waals surface area (Å²) in [7, 11) is 1.87. The number of fused-ring (bicyclic) bond motifs is 2. The molecule has 1 aliphatic heterocycles. The van der Waals surface area contributed by atoms with Crippen molar-refractivity contribution in [2.75, 3.05) is 11.9 Å². The van der Waals surface area contributed by atoms with Crippen LogP contribution in [0.3, 0.4) is 0 Å². The predicted octanol–water partition coefficient (Wildman–Crippen LogP) is 2.52. The van der Waals surface area contributed by atoms with Crippen LogP contribution in [0.15, 0.2) is 29.1 Å². The van der Waals surface area contributed by atoms with Crippen molar-refractivity contribution in [3.8, 4) is 0 Å². The van der Waals surface area contributed by atoms with Crippen LogP contribution in [-0.2, 0) is 20.0 Å². The molecule has 6 nitrogen and oxygen atoms in total. The molecule has 0 fully saturated rings. The lowest BCUT2D eigenvalue weighted by Crippen LogP contribution is -2.23. The van der Waals surface area contributed by atoms with Gasteiger partial charge in [0.2, 0.25) is 0 Å². The van der Waals surface area contributed by atoms with Gasteiger partial charge in [-0.05, 0) is 52.2 Å². The molecule has 0 aliphatic carbocycles. The summed E-state index contributed by atoms with van der Waals surface area (Å²) in [6, 6.07) is 6.47. The molecule has 0 radical (unpaired) electrons. The number of anilines is 2. The monoisotopic (exact) mass is 358 g/mol. The van der Waals surface area contributed by atoms with E-state index in [1.165, 1.54) is 11.1 Å². The van der Waals surface area contributed by atoms with Crippen LogP contribution in [0, 0.1) is 0 Å². The number of nitrogens with zero attached hydrogens (tertiary/aromatic N) is 4. The molecule has 0 spiro atoms. The van der Waals surface area contributed by atoms with E-state index in [-0.39, 0.29) is 0 Å². The molecule has 3 aromatic rings. The van der Waals surface area contributed by atoms with Gasteiger partial charge in [0.05, 0.1) is 5.39 Å². The molecule has 1 aliphatic rings. The Hall–Kier alpha value is -1.99. The summed E-state index contributed by atoms with van der Waals surface area (Å²) in [5, 5.41) is 12.0. The molecule has 0 atom stereocenters. The average Bonchev–Trinajstić information content (AvgIpc) is 2.83. The Labute approximate surface area is 136 Å². The number of nitrogens with one attached hydrogen (secondary N) is 2. The van der Waals surface area contributed by atoms with Gasteiger partial charge in [0, 0.05) is 19.3 Å². The summed E-state index contributed by atoms with van der Waals surface area (Å²) >= 11 is 3.48. The third-order valence-corrected chi connectivity index (χ3v) is 4.49. The summed E-state index contributed by atoms with van der Waals surface area (Å²) in [5.41, 5.74) is 4.58. The van der Waals surface area contributed by atoms with Crippen LogP contribution in [0.4, 0.5) is 11.5 Å². The molecule has 1 aromatic carbocycles. The van der Waals surface area contributed by atoms with Crippen molar-refractivity contribution in [3.05, 3.63) is 40.3 Å². The summed E-state index contributed by atoms with van der Waals surface area (Å²) < 4.78 is 2.48. The highest BCUT2D eigenvalue weighted by Crippen LogP contribution is 2.29. The second-order valence-electron chi connectivity index (χ2n) is 5.37. The van der Waals surface area contributed by atoms with Gasteiger partial charge in [0.25, 0.3) is 0 Å². The molecule has 112 valence electrons. The van der Waals surface area contributed by atoms with Crippen molar-refractivity contribution in [1.29, 1.82) is 0 Å². The molecule has 22 heavy (non-hydrogen) atoms. The van der Waals surface area contributed by atoms with Crippen LogP contribution in [-0.4, -0.2) is 26.3 Å². The van der Waals surface area contributed by atoms with Gasteiger partial charge >= 0.3 is 0 Å². The summed E-state index contributed by atoms with van der Waals surface area (Å²) in [5.74, 6) is 0.758. The molecule has 7 heteroatoms. The van der Waals surface area contributed by atoms with Gasteiger partial charge in [-0.2, -0.15) is 5.10 Å². The molecule has 0 saturated carbocycles. The lowest BCUT2D eigenvalue weighted by molar-refractivity contribution is 0.644. The number of aryl methyl sites for hydroxylation is 1. The van der Waals surface area contributed by atoms with E-state index in [1.807, 2.05) is 7.05 Å². The Kier molecular flexibility index (Phi) is 3.31. The van der Waals surface area contributed by atoms with Crippen LogP contribution in [0.25, 0.3) is 11.0 Å². The quantitative estimate of drug-likeness (QED) is 0.736. The lowest BCUT2D eigenvalue weighted by atomic mass is 10.0. The largest absolute Gasteiger partial charge is 0.339 e. The van der Waals surface area contributed by atoms with Gasteiger partial charge in [-0.3, -0.25) is 0 Å². The third-order valence-electron chi connectivity index (χ3n) is 3.93. The summed E-state index contributed by atoms with van der Waals surface area (Å²) in [4.78, 5) is 8.65. The van der Waals surface area contributed by atoms with Crippen LogP contribution in [0.1, 0.15) is 11.1 Å². The fourth-order valence-electron chi connectivity index (χ4n) is 2.83. The fraction of sp³-hybridized carbons (Fsp3) is 0.267. The highest BCUT2D eigenvalue weighted by atomic mass is 79.9. The van der Waals surface area contributed by atoms with Gasteiger partial charge in [0.1, 0.15) is 16.7 Å². The third kappa shape index (κ3) is 2.26. The van der Waals surface area contributed by atoms with Crippen LogP contribution in [0.5, 0.6) is 0 Å². The van der Waals surface area contributed by atoms with Crippen molar-refractivity contribution in [2.24, 2.45) is 7.05 Å². The van der Waals surface area contributed by atoms with Crippen LogP contribution < -0.4 is 10.6 Å². The molecule has 0 amide bonds. The molecular weight excluding hydrogens is 344 g/mol. The number of benzene rings is 1. The van der Waals surface area contributed by atoms with Gasteiger partial charge in [-0.25, -0.2) is 14.6 Å². The Morgan fingerprint density at radius 1 is 1.27 bits per heavy atom. The van der Waals surface area contributed by atoms with E-state index < -0.39 is 0 Å². The number of rotatable bonds is 2. The van der Waals surface area contributed by atoms with Crippen molar-refractivity contribution in [3.63, 3.8) is 0 Å². The van der Waals surface area contributed by atoms with E-state index in [9.17, 15) is 0 Å².